The van der Waals surface area contributed by atoms with Crippen LogP contribution in [0.25, 0.3) is 11.1 Å². The molecule has 7 heteroatoms. The second-order valence-corrected chi connectivity index (χ2v) is 13.3. The largest absolute Gasteiger partial charge is 0.494 e. The topological polar surface area (TPSA) is 88.1 Å². The number of benzene rings is 7. The lowest BCUT2D eigenvalue weighted by Gasteiger charge is -2.34. The van der Waals surface area contributed by atoms with Crippen LogP contribution in [0.2, 0.25) is 0 Å². The van der Waals surface area contributed by atoms with Crippen LogP contribution in [-0.2, 0) is 12.0 Å². The lowest BCUT2D eigenvalue weighted by atomic mass is 9.78. The Morgan fingerprint density at radius 2 is 1.09 bits per heavy atom. The Labute approximate surface area is 329 Å². The van der Waals surface area contributed by atoms with Crippen LogP contribution in [-0.4, -0.2) is 25.4 Å². The second-order valence-electron chi connectivity index (χ2n) is 13.3. The first-order valence-electron chi connectivity index (χ1n) is 18.5. The van der Waals surface area contributed by atoms with Crippen LogP contribution in [0, 0.1) is 13.8 Å². The molecule has 0 saturated heterocycles. The molecule has 0 aliphatic rings. The molecule has 1 N–H and O–H groups in total. The van der Waals surface area contributed by atoms with E-state index in [4.69, 9.17) is 14.6 Å². The third-order valence-electron chi connectivity index (χ3n) is 9.41. The van der Waals surface area contributed by atoms with E-state index >= 15 is 0 Å². The number of hydrogen-bond acceptors (Lipinski definition) is 7. The molecule has 7 aromatic rings. The van der Waals surface area contributed by atoms with E-state index in [1.807, 2.05) is 166 Å². The molecule has 7 nitrogen and oxygen atoms in total. The molecule has 7 rings (SSSR count). The minimum absolute atomic E-state index is 0.512. The SMILES string of the molecule is COc1c(C)cc(C)cc1N=NC(Cc1ccccc1)C(O)(c1ccccc1)c1ccccc1.COc1ccc(-c2ccccc2)cc1N=Nc1ccccc1. The number of rotatable bonds is 12. The Hall–Kier alpha value is -6.70. The molecule has 1 atom stereocenters. The molecule has 0 amide bonds. The Balaban J connectivity index is 0.000000208. The van der Waals surface area contributed by atoms with Crippen LogP contribution >= 0.6 is 0 Å². The second kappa shape index (κ2) is 19.1. The predicted octanol–water partition coefficient (Wildman–Crippen LogP) is 12.7. The van der Waals surface area contributed by atoms with Gasteiger partial charge in [-0.25, -0.2) is 0 Å². The van der Waals surface area contributed by atoms with Gasteiger partial charge in [0.25, 0.3) is 0 Å². The molecular formula is C49H46N4O3. The average molecular weight is 739 g/mol. The minimum atomic E-state index is -1.38. The molecule has 0 heterocycles. The third kappa shape index (κ3) is 9.69. The van der Waals surface area contributed by atoms with Crippen LogP contribution < -0.4 is 9.47 Å². The summed E-state index contributed by atoms with van der Waals surface area (Å²) in [5.74, 6) is 1.40. The number of methoxy groups -OCH3 is 2. The van der Waals surface area contributed by atoms with E-state index in [1.165, 1.54) is 0 Å². The number of nitrogens with zero attached hydrogens (tertiary/aromatic N) is 4. The molecule has 0 bridgehead atoms. The van der Waals surface area contributed by atoms with Crippen molar-refractivity contribution in [3.63, 3.8) is 0 Å². The van der Waals surface area contributed by atoms with Crippen LogP contribution in [0.15, 0.2) is 202 Å². The first-order valence-corrected chi connectivity index (χ1v) is 18.5. The summed E-state index contributed by atoms with van der Waals surface area (Å²) in [7, 11) is 3.28. The summed E-state index contributed by atoms with van der Waals surface area (Å²) >= 11 is 0. The maximum atomic E-state index is 12.4. The van der Waals surface area contributed by atoms with Crippen molar-refractivity contribution in [2.75, 3.05) is 14.2 Å². The van der Waals surface area contributed by atoms with Crippen LogP contribution in [0.4, 0.5) is 17.1 Å². The molecule has 0 saturated carbocycles. The number of aryl methyl sites for hydroxylation is 2. The van der Waals surface area contributed by atoms with E-state index in [0.29, 0.717) is 29.3 Å². The maximum absolute atomic E-state index is 12.4. The smallest absolute Gasteiger partial charge is 0.149 e. The van der Waals surface area contributed by atoms with Crippen molar-refractivity contribution in [2.45, 2.75) is 31.9 Å². The normalized spacial score (nSPS) is 11.9. The van der Waals surface area contributed by atoms with Crippen LogP contribution in [0.1, 0.15) is 27.8 Å². The van der Waals surface area contributed by atoms with Gasteiger partial charge in [0.15, 0.2) is 0 Å². The van der Waals surface area contributed by atoms with Gasteiger partial charge in [-0.05, 0) is 83.1 Å². The van der Waals surface area contributed by atoms with Crippen LogP contribution in [0.3, 0.4) is 0 Å². The van der Waals surface area contributed by atoms with Crippen molar-refractivity contribution in [1.82, 2.24) is 0 Å². The van der Waals surface area contributed by atoms with Crippen LogP contribution in [0.5, 0.6) is 11.5 Å². The van der Waals surface area contributed by atoms with Crippen molar-refractivity contribution in [3.8, 4) is 22.6 Å². The van der Waals surface area contributed by atoms with E-state index in [-0.39, 0.29) is 0 Å². The van der Waals surface area contributed by atoms with E-state index < -0.39 is 11.6 Å². The number of ether oxygens (including phenoxy) is 2. The molecular weight excluding hydrogens is 693 g/mol. The van der Waals surface area contributed by atoms with Gasteiger partial charge in [0.2, 0.25) is 0 Å². The molecule has 7 aromatic carbocycles. The minimum Gasteiger partial charge on any atom is -0.494 e. The van der Waals surface area contributed by atoms with Crippen molar-refractivity contribution in [1.29, 1.82) is 0 Å². The summed E-state index contributed by atoms with van der Waals surface area (Å²) in [6.45, 7) is 4.02. The average Bonchev–Trinajstić information content (AvgIpc) is 3.25. The fourth-order valence-electron chi connectivity index (χ4n) is 6.63. The highest BCUT2D eigenvalue weighted by molar-refractivity contribution is 5.70. The maximum Gasteiger partial charge on any atom is 0.149 e. The fraction of sp³-hybridized carbons (Fsp3) is 0.143. The lowest BCUT2D eigenvalue weighted by Crippen LogP contribution is -2.41. The van der Waals surface area contributed by atoms with Crippen molar-refractivity contribution >= 4 is 17.1 Å². The quantitative estimate of drug-likeness (QED) is 0.127. The van der Waals surface area contributed by atoms with E-state index in [1.54, 1.807) is 14.2 Å². The standard InChI is InChI=1S/C30H30N2O2.C19H16N2O/c1-22-19-23(2)29(34-3)27(20-22)31-32-28(21-24-13-7-4-8-14-24)30(33,25-15-9-5-10-16-25)26-17-11-6-12-18-26;1-22-19-13-12-16(15-8-4-2-5-9-15)14-18(19)21-20-17-10-6-3-7-11-17/h4-20,28,33H,21H2,1-3H3;2-14H,1H3. The van der Waals surface area contributed by atoms with Crippen molar-refractivity contribution in [2.24, 2.45) is 20.5 Å². The number of aliphatic hydroxyl groups is 1. The van der Waals surface area contributed by atoms with Gasteiger partial charge in [-0.1, -0.05) is 152 Å². The molecule has 0 spiro atoms. The van der Waals surface area contributed by atoms with Gasteiger partial charge in [0, 0.05) is 6.42 Å². The van der Waals surface area contributed by atoms with Gasteiger partial charge in [-0.2, -0.15) is 15.3 Å². The molecule has 1 unspecified atom stereocenters. The first-order chi connectivity index (χ1) is 27.4. The Morgan fingerprint density at radius 1 is 0.536 bits per heavy atom. The van der Waals surface area contributed by atoms with Gasteiger partial charge in [-0.15, -0.1) is 5.11 Å². The molecule has 280 valence electrons. The number of azo groups is 2. The van der Waals surface area contributed by atoms with Gasteiger partial charge >= 0.3 is 0 Å². The molecule has 0 aromatic heterocycles. The van der Waals surface area contributed by atoms with Gasteiger partial charge in [0.05, 0.1) is 19.9 Å². The molecule has 0 aliphatic carbocycles. The van der Waals surface area contributed by atoms with Gasteiger partial charge < -0.3 is 14.6 Å². The summed E-state index contributed by atoms with van der Waals surface area (Å²) in [6, 6.07) is 58.7. The van der Waals surface area contributed by atoms with Crippen molar-refractivity contribution < 1.29 is 14.6 Å². The fourth-order valence-corrected chi connectivity index (χ4v) is 6.63. The lowest BCUT2D eigenvalue weighted by molar-refractivity contribution is 0.0502. The summed E-state index contributed by atoms with van der Waals surface area (Å²) in [4.78, 5) is 0. The molecule has 0 aliphatic heterocycles. The Morgan fingerprint density at radius 3 is 1.66 bits per heavy atom. The van der Waals surface area contributed by atoms with E-state index in [2.05, 4.69) is 45.7 Å². The summed E-state index contributed by atoms with van der Waals surface area (Å²) in [5.41, 5.74) is 7.72. The Kier molecular flexibility index (Phi) is 13.3. The zero-order valence-corrected chi connectivity index (χ0v) is 32.2. The summed E-state index contributed by atoms with van der Waals surface area (Å²) in [6.07, 6.45) is 0.512. The summed E-state index contributed by atoms with van der Waals surface area (Å²) < 4.78 is 11.0. The highest BCUT2D eigenvalue weighted by Crippen LogP contribution is 2.39. The molecule has 0 fully saturated rings. The van der Waals surface area contributed by atoms with E-state index in [9.17, 15) is 5.11 Å². The predicted molar refractivity (Wildman–Crippen MR) is 226 cm³/mol. The zero-order chi connectivity index (χ0) is 39.2. The third-order valence-corrected chi connectivity index (χ3v) is 9.41. The zero-order valence-electron chi connectivity index (χ0n) is 32.2. The monoisotopic (exact) mass is 738 g/mol. The summed E-state index contributed by atoms with van der Waals surface area (Å²) in [5, 5.41) is 30.5. The number of hydrogen-bond donors (Lipinski definition) is 1. The van der Waals surface area contributed by atoms with Gasteiger partial charge in [-0.3, -0.25) is 0 Å². The highest BCUT2D eigenvalue weighted by atomic mass is 16.5. The molecule has 0 radical (unpaired) electrons. The van der Waals surface area contributed by atoms with Crippen molar-refractivity contribution in [3.05, 3.63) is 210 Å². The molecule has 56 heavy (non-hydrogen) atoms. The Bertz CT molecular complexity index is 2300. The first kappa shape index (κ1) is 39.0. The van der Waals surface area contributed by atoms with Gasteiger partial charge in [0.1, 0.15) is 34.5 Å². The highest BCUT2D eigenvalue weighted by Gasteiger charge is 2.41. The van der Waals surface area contributed by atoms with E-state index in [0.717, 1.165) is 44.6 Å².